The van der Waals surface area contributed by atoms with E-state index >= 15 is 0 Å². The molecule has 6 amide bonds. The first-order valence-electron chi connectivity index (χ1n) is 26.5. The lowest BCUT2D eigenvalue weighted by molar-refractivity contribution is -0.136. The Morgan fingerprint density at radius 1 is 0.646 bits per heavy atom. The Hall–Kier alpha value is -8.68. The molecule has 2 atom stereocenters. The van der Waals surface area contributed by atoms with Gasteiger partial charge in [-0.25, -0.2) is 14.8 Å². The highest BCUT2D eigenvalue weighted by atomic mass is 16.4. The third-order valence-corrected chi connectivity index (χ3v) is 14.0. The number of benzene rings is 1. The molecule has 0 saturated carbocycles. The van der Waals surface area contributed by atoms with Crippen LogP contribution in [0.3, 0.4) is 0 Å². The number of carbonyl (C=O) groups is 8. The maximum absolute atomic E-state index is 13.7. The minimum absolute atomic E-state index is 0.00480. The third-order valence-electron chi connectivity index (χ3n) is 14.0. The number of carboxylic acid groups (broad SMARTS) is 2. The summed E-state index contributed by atoms with van der Waals surface area (Å²) in [5.41, 5.74) is 11.0. The van der Waals surface area contributed by atoms with Crippen molar-refractivity contribution < 1.29 is 48.6 Å². The summed E-state index contributed by atoms with van der Waals surface area (Å²) in [5, 5.41) is 36.9. The van der Waals surface area contributed by atoms with E-state index < -0.39 is 79.0 Å². The Morgan fingerprint density at radius 3 is 1.81 bits per heavy atom. The predicted molar refractivity (Wildman–Crippen MR) is 303 cm³/mol. The molecule has 20 heteroatoms. The van der Waals surface area contributed by atoms with E-state index in [-0.39, 0.29) is 72.8 Å². The number of nitrogens with one attached hydrogen (secondary N) is 8. The van der Waals surface area contributed by atoms with E-state index in [0.29, 0.717) is 34.5 Å². The van der Waals surface area contributed by atoms with Crippen LogP contribution in [-0.2, 0) is 64.0 Å². The number of carboxylic acids is 2. The molecule has 0 spiro atoms. The Morgan fingerprint density at radius 2 is 1.22 bits per heavy atom. The Bertz CT molecular complexity index is 3330. The van der Waals surface area contributed by atoms with Crippen molar-refractivity contribution in [3.05, 3.63) is 117 Å². The number of H-pyrrole nitrogens is 2. The zero-order valence-electron chi connectivity index (χ0n) is 46.4. The number of rotatable bonds is 24. The molecule has 3 aromatic heterocycles. The molecule has 2 aliphatic heterocycles. The van der Waals surface area contributed by atoms with E-state index in [1.54, 1.807) is 43.3 Å². The monoisotopic (exact) mass is 1080 g/mol. The molecule has 10 N–H and O–H groups in total. The molecule has 8 bridgehead atoms. The second-order valence-electron chi connectivity index (χ2n) is 20.3. The SMILES string of the molecule is C=C(C)C(=O)NCC(=O)NC(Cc1ccccc1)C(=O)NC(CC(C)C)C(=O)NCC(=O)NCCNC(=O)CCC1=C(C)c2cc3[nH]c(cc4[nH]c(cc5nc(c(CC(=O)O)c1n2)C(C(=O)O)=C5C)c(CC)c4C)c(CC)c3C. The van der Waals surface area contributed by atoms with Crippen molar-refractivity contribution in [1.29, 1.82) is 0 Å². The molecule has 2 aliphatic rings. The van der Waals surface area contributed by atoms with Crippen LogP contribution in [-0.4, -0.2) is 116 Å². The molecular formula is C59H72N10O10. The molecule has 0 fully saturated rings. The van der Waals surface area contributed by atoms with Gasteiger partial charge < -0.3 is 52.1 Å². The van der Waals surface area contributed by atoms with Crippen molar-refractivity contribution in [3.8, 4) is 0 Å². The lowest BCUT2D eigenvalue weighted by Gasteiger charge is -2.24. The van der Waals surface area contributed by atoms with E-state index in [1.165, 1.54) is 6.92 Å². The van der Waals surface area contributed by atoms with Crippen LogP contribution in [0.1, 0.15) is 124 Å². The second kappa shape index (κ2) is 26.6. The molecule has 0 saturated heterocycles. The average Bonchev–Trinajstić information content (AvgIpc) is 4.29. The Labute approximate surface area is 458 Å². The lowest BCUT2D eigenvalue weighted by Crippen LogP contribution is -2.56. The summed E-state index contributed by atoms with van der Waals surface area (Å²) < 4.78 is 0. The van der Waals surface area contributed by atoms with Crippen molar-refractivity contribution in [2.45, 2.75) is 119 Å². The van der Waals surface area contributed by atoms with E-state index in [4.69, 9.17) is 9.97 Å². The number of fused-ring (bicyclic) bond motifs is 8. The molecule has 4 aromatic rings. The molecule has 418 valence electrons. The lowest BCUT2D eigenvalue weighted by atomic mass is 9.94. The highest BCUT2D eigenvalue weighted by molar-refractivity contribution is 6.25. The van der Waals surface area contributed by atoms with Crippen molar-refractivity contribution in [3.63, 3.8) is 0 Å². The number of aryl methyl sites for hydroxylation is 4. The first kappa shape index (κ1) is 59.6. The highest BCUT2D eigenvalue weighted by Gasteiger charge is 2.32. The Kier molecular flexibility index (Phi) is 20.0. The molecule has 20 nitrogen and oxygen atoms in total. The highest BCUT2D eigenvalue weighted by Crippen LogP contribution is 2.40. The summed E-state index contributed by atoms with van der Waals surface area (Å²) in [6.07, 6.45) is 1.10. The minimum atomic E-state index is -1.28. The van der Waals surface area contributed by atoms with Gasteiger partial charge in [0.15, 0.2) is 0 Å². The van der Waals surface area contributed by atoms with Crippen LogP contribution < -0.4 is 31.9 Å². The first-order valence-corrected chi connectivity index (χ1v) is 26.5. The van der Waals surface area contributed by atoms with E-state index in [1.807, 2.05) is 47.6 Å². The standard InChI is InChI=1S/C59H72N10O10/c1-11-37-32(7)41-25-43-34(9)39(54(67-43)40(24-52(73)74)55-53(59(78)79)35(10)44(68-55)27-46-38(12-2)33(8)42(65-46)26-45(37)64-41)18-19-49(70)60-20-21-61-50(71)28-63-57(76)47(22-30(3)4)69-58(77)48(23-36-16-14-13-15-17-36)66-51(72)29-62-56(75)31(5)6/h13-17,25-27,30,47-48,64-65H,5,11-12,18-24,28-29H2,1-4,6-10H3,(H,60,70)(H,61,71)(H,62,75)(H,63,76)(H,66,72)(H,69,77)(H,73,74)(H,78,79). The van der Waals surface area contributed by atoms with Crippen LogP contribution in [0, 0.1) is 19.8 Å². The van der Waals surface area contributed by atoms with Crippen LogP contribution in [0.4, 0.5) is 0 Å². The van der Waals surface area contributed by atoms with Gasteiger partial charge in [-0.05, 0) is 129 Å². The van der Waals surface area contributed by atoms with E-state index in [9.17, 15) is 48.6 Å². The zero-order chi connectivity index (χ0) is 57.8. The summed E-state index contributed by atoms with van der Waals surface area (Å²) in [7, 11) is 0. The predicted octanol–water partition coefficient (Wildman–Crippen LogP) is 5.71. The minimum Gasteiger partial charge on any atom is -0.481 e. The van der Waals surface area contributed by atoms with Crippen molar-refractivity contribution in [2.75, 3.05) is 26.2 Å². The topological polar surface area (TPSA) is 307 Å². The summed E-state index contributed by atoms with van der Waals surface area (Å²) >= 11 is 0. The molecule has 6 rings (SSSR count). The fourth-order valence-electron chi connectivity index (χ4n) is 9.81. The maximum Gasteiger partial charge on any atom is 0.338 e. The van der Waals surface area contributed by atoms with Crippen molar-refractivity contribution in [1.82, 2.24) is 51.8 Å². The zero-order valence-corrected chi connectivity index (χ0v) is 46.4. The summed E-state index contributed by atoms with van der Waals surface area (Å²) in [6.45, 7) is 19.6. The Balaban J connectivity index is 1.16. The summed E-state index contributed by atoms with van der Waals surface area (Å²) in [4.78, 5) is 121. The van der Waals surface area contributed by atoms with Gasteiger partial charge in [0.1, 0.15) is 12.1 Å². The van der Waals surface area contributed by atoms with Crippen molar-refractivity contribution in [2.24, 2.45) is 5.92 Å². The van der Waals surface area contributed by atoms with Gasteiger partial charge in [-0.15, -0.1) is 0 Å². The fourth-order valence-corrected chi connectivity index (χ4v) is 9.81. The molecule has 0 radical (unpaired) electrons. The molecule has 1 aromatic carbocycles. The van der Waals surface area contributed by atoms with Gasteiger partial charge in [-0.1, -0.05) is 64.6 Å². The van der Waals surface area contributed by atoms with Gasteiger partial charge in [0.05, 0.1) is 47.9 Å². The normalized spacial score (nSPS) is 12.9. The maximum atomic E-state index is 13.7. The van der Waals surface area contributed by atoms with Gasteiger partial charge in [-0.3, -0.25) is 33.6 Å². The van der Waals surface area contributed by atoms with Crippen LogP contribution >= 0.6 is 0 Å². The number of aromatic amines is 2. The van der Waals surface area contributed by atoms with Crippen LogP contribution in [0.25, 0.3) is 44.4 Å². The molecule has 0 aliphatic carbocycles. The number of amides is 6. The smallest absolute Gasteiger partial charge is 0.338 e. The van der Waals surface area contributed by atoms with Crippen molar-refractivity contribution >= 4 is 91.7 Å². The van der Waals surface area contributed by atoms with Gasteiger partial charge in [-0.2, -0.15) is 0 Å². The van der Waals surface area contributed by atoms with Gasteiger partial charge >= 0.3 is 11.9 Å². The first-order chi connectivity index (χ1) is 37.5. The number of carbonyl (C=O) groups excluding carboxylic acids is 6. The average molecular weight is 1080 g/mol. The van der Waals surface area contributed by atoms with Crippen LogP contribution in [0.15, 0.2) is 60.7 Å². The molecular weight excluding hydrogens is 1010 g/mol. The molecule has 79 heavy (non-hydrogen) atoms. The van der Waals surface area contributed by atoms with Crippen LogP contribution in [0.5, 0.6) is 0 Å². The molecule has 2 unspecified atom stereocenters. The van der Waals surface area contributed by atoms with E-state index in [0.717, 1.165) is 56.3 Å². The van der Waals surface area contributed by atoms with Gasteiger partial charge in [0.2, 0.25) is 35.4 Å². The number of hydrogen-bond acceptors (Lipinski definition) is 10. The van der Waals surface area contributed by atoms with E-state index in [2.05, 4.69) is 61.4 Å². The summed E-state index contributed by atoms with van der Waals surface area (Å²) in [5.74, 6) is -5.96. The largest absolute Gasteiger partial charge is 0.481 e. The summed E-state index contributed by atoms with van der Waals surface area (Å²) in [6, 6.07) is 12.5. The van der Waals surface area contributed by atoms with Gasteiger partial charge in [0, 0.05) is 59.1 Å². The third kappa shape index (κ3) is 14.9. The van der Waals surface area contributed by atoms with Crippen LogP contribution in [0.2, 0.25) is 0 Å². The second-order valence-corrected chi connectivity index (χ2v) is 20.3. The number of allylic oxidation sites excluding steroid dienone is 3. The van der Waals surface area contributed by atoms with Gasteiger partial charge in [0.25, 0.3) is 0 Å². The quantitative estimate of drug-likeness (QED) is 0.0298. The number of aromatic nitrogens is 4. The number of aliphatic carboxylic acids is 2. The number of nitrogens with zero attached hydrogens (tertiary/aromatic N) is 2. The fraction of sp³-hybridized carbons (Fsp3) is 0.390. The molecule has 5 heterocycles. The number of hydrogen-bond donors (Lipinski definition) is 10.